The van der Waals surface area contributed by atoms with E-state index in [0.29, 0.717) is 24.4 Å². The summed E-state index contributed by atoms with van der Waals surface area (Å²) in [4.78, 5) is 29.8. The monoisotopic (exact) mass is 317 g/mol. The van der Waals surface area contributed by atoms with Crippen LogP contribution in [0, 0.1) is 0 Å². The second-order valence-corrected chi connectivity index (χ2v) is 5.05. The third-order valence-corrected chi connectivity index (χ3v) is 3.36. The van der Waals surface area contributed by atoms with Gasteiger partial charge in [-0.25, -0.2) is 4.98 Å². The molecule has 1 amide bonds. The minimum Gasteiger partial charge on any atom is -0.441 e. The highest BCUT2D eigenvalue weighted by atomic mass is 35.5. The number of oxazole rings is 1. The van der Waals surface area contributed by atoms with E-state index in [-0.39, 0.29) is 10.9 Å². The highest BCUT2D eigenvalue weighted by Gasteiger charge is 2.09. The molecule has 0 aliphatic heterocycles. The van der Waals surface area contributed by atoms with Gasteiger partial charge in [0.1, 0.15) is 10.5 Å². The van der Waals surface area contributed by atoms with Gasteiger partial charge in [-0.05, 0) is 18.2 Å². The molecule has 2 N–H and O–H groups in total. The summed E-state index contributed by atoms with van der Waals surface area (Å²) in [6.07, 6.45) is 1.79. The second-order valence-electron chi connectivity index (χ2n) is 4.65. The van der Waals surface area contributed by atoms with Gasteiger partial charge >= 0.3 is 0 Å². The molecule has 2 heterocycles. The topological polar surface area (TPSA) is 88.0 Å². The van der Waals surface area contributed by atoms with Crippen LogP contribution in [-0.2, 0) is 6.42 Å². The zero-order valence-corrected chi connectivity index (χ0v) is 12.2. The number of aromatic nitrogens is 2. The number of carbonyl (C=O) groups is 1. The molecule has 0 atom stereocenters. The van der Waals surface area contributed by atoms with E-state index in [1.165, 1.54) is 12.3 Å². The highest BCUT2D eigenvalue weighted by Crippen LogP contribution is 2.14. The molecular weight excluding hydrogens is 306 g/mol. The summed E-state index contributed by atoms with van der Waals surface area (Å²) in [5.41, 5.74) is 1.37. The molecule has 0 unspecified atom stereocenters. The average Bonchev–Trinajstić information content (AvgIpc) is 2.92. The first-order valence-electron chi connectivity index (χ1n) is 6.64. The van der Waals surface area contributed by atoms with Crippen LogP contribution in [0.1, 0.15) is 16.2 Å². The number of hydrogen-bond acceptors (Lipinski definition) is 4. The number of aromatic amines is 1. The Morgan fingerprint density at radius 3 is 2.95 bits per heavy atom. The predicted molar refractivity (Wildman–Crippen MR) is 82.1 cm³/mol. The van der Waals surface area contributed by atoms with Crippen LogP contribution in [-0.4, -0.2) is 22.4 Å². The Hall–Kier alpha value is -2.60. The molecular formula is C15H12ClN3O3. The van der Waals surface area contributed by atoms with Gasteiger partial charge in [-0.15, -0.1) is 0 Å². The number of para-hydroxylation sites is 2. The Morgan fingerprint density at radius 1 is 1.36 bits per heavy atom. The van der Waals surface area contributed by atoms with Gasteiger partial charge < -0.3 is 14.7 Å². The number of halogens is 1. The zero-order valence-electron chi connectivity index (χ0n) is 11.4. The lowest BCUT2D eigenvalue weighted by atomic mass is 10.2. The molecule has 2 aromatic heterocycles. The molecule has 3 aromatic rings. The zero-order chi connectivity index (χ0) is 15.5. The van der Waals surface area contributed by atoms with E-state index in [1.807, 2.05) is 24.3 Å². The molecule has 112 valence electrons. The third-order valence-electron chi connectivity index (χ3n) is 3.08. The van der Waals surface area contributed by atoms with E-state index in [9.17, 15) is 9.59 Å². The largest absolute Gasteiger partial charge is 0.441 e. The fourth-order valence-electron chi connectivity index (χ4n) is 2.00. The molecule has 0 saturated carbocycles. The van der Waals surface area contributed by atoms with Gasteiger partial charge in [-0.2, -0.15) is 0 Å². The molecule has 7 heteroatoms. The fraction of sp³-hybridized carbons (Fsp3) is 0.133. The van der Waals surface area contributed by atoms with Crippen LogP contribution < -0.4 is 10.9 Å². The highest BCUT2D eigenvalue weighted by molar-refractivity contribution is 6.30. The quantitative estimate of drug-likeness (QED) is 0.771. The molecule has 22 heavy (non-hydrogen) atoms. The Bertz CT molecular complexity index is 852. The van der Waals surface area contributed by atoms with Crippen molar-refractivity contribution in [2.45, 2.75) is 6.42 Å². The van der Waals surface area contributed by atoms with Crippen LogP contribution in [0.5, 0.6) is 0 Å². The number of carbonyl (C=O) groups excluding carboxylic acids is 1. The number of pyridine rings is 1. The van der Waals surface area contributed by atoms with E-state index in [0.717, 1.165) is 11.1 Å². The molecule has 0 aliphatic carbocycles. The van der Waals surface area contributed by atoms with Crippen LogP contribution in [0.25, 0.3) is 11.1 Å². The van der Waals surface area contributed by atoms with E-state index < -0.39 is 5.56 Å². The van der Waals surface area contributed by atoms with Gasteiger partial charge in [0.05, 0.1) is 5.56 Å². The van der Waals surface area contributed by atoms with Crippen molar-refractivity contribution in [2.75, 3.05) is 6.54 Å². The van der Waals surface area contributed by atoms with Crippen molar-refractivity contribution in [3.05, 3.63) is 63.4 Å². The van der Waals surface area contributed by atoms with Crippen molar-refractivity contribution >= 4 is 28.6 Å². The summed E-state index contributed by atoms with van der Waals surface area (Å²) in [5.74, 6) is 0.232. The molecule has 0 aliphatic rings. The van der Waals surface area contributed by atoms with Crippen molar-refractivity contribution in [2.24, 2.45) is 0 Å². The average molecular weight is 318 g/mol. The fourth-order valence-corrected chi connectivity index (χ4v) is 2.17. The van der Waals surface area contributed by atoms with E-state index in [2.05, 4.69) is 15.3 Å². The van der Waals surface area contributed by atoms with E-state index in [4.69, 9.17) is 16.0 Å². The molecule has 0 bridgehead atoms. The molecule has 6 nitrogen and oxygen atoms in total. The summed E-state index contributed by atoms with van der Waals surface area (Å²) in [6.45, 7) is 0.363. The van der Waals surface area contributed by atoms with Gasteiger partial charge in [0.25, 0.3) is 11.5 Å². The van der Waals surface area contributed by atoms with Crippen molar-refractivity contribution in [3.8, 4) is 0 Å². The predicted octanol–water partition coefficient (Wildman–Crippen LogP) is 2.14. The minimum absolute atomic E-state index is 0.0217. The summed E-state index contributed by atoms with van der Waals surface area (Å²) < 4.78 is 5.56. The Morgan fingerprint density at radius 2 is 2.18 bits per heavy atom. The smallest absolute Gasteiger partial charge is 0.266 e. The normalized spacial score (nSPS) is 10.8. The van der Waals surface area contributed by atoms with E-state index in [1.54, 1.807) is 0 Å². The summed E-state index contributed by atoms with van der Waals surface area (Å²) in [7, 11) is 0. The number of nitrogens with one attached hydrogen (secondary N) is 2. The maximum Gasteiger partial charge on any atom is 0.266 e. The Labute approximate surface area is 130 Å². The van der Waals surface area contributed by atoms with Crippen molar-refractivity contribution < 1.29 is 9.21 Å². The first-order chi connectivity index (χ1) is 10.6. The van der Waals surface area contributed by atoms with Gasteiger partial charge in [0.15, 0.2) is 11.5 Å². The number of benzene rings is 1. The summed E-state index contributed by atoms with van der Waals surface area (Å²) in [6, 6.07) is 8.79. The number of rotatable bonds is 4. The summed E-state index contributed by atoms with van der Waals surface area (Å²) >= 11 is 5.68. The van der Waals surface area contributed by atoms with E-state index >= 15 is 0 Å². The molecule has 0 spiro atoms. The maximum atomic E-state index is 11.9. The molecule has 3 rings (SSSR count). The number of H-pyrrole nitrogens is 1. The van der Waals surface area contributed by atoms with Crippen molar-refractivity contribution in [1.82, 2.24) is 15.3 Å². The maximum absolute atomic E-state index is 11.9. The summed E-state index contributed by atoms with van der Waals surface area (Å²) in [5, 5.41) is 2.70. The first-order valence-corrected chi connectivity index (χ1v) is 7.02. The van der Waals surface area contributed by atoms with Gasteiger partial charge in [-0.1, -0.05) is 23.7 Å². The number of fused-ring (bicyclic) bond motifs is 1. The molecule has 0 radical (unpaired) electrons. The second kappa shape index (κ2) is 6.03. The number of nitrogens with zero attached hydrogens (tertiary/aromatic N) is 1. The van der Waals surface area contributed by atoms with Crippen molar-refractivity contribution in [1.29, 1.82) is 0 Å². The Balaban J connectivity index is 1.61. The first kappa shape index (κ1) is 14.3. The molecule has 0 fully saturated rings. The van der Waals surface area contributed by atoms with Crippen LogP contribution in [0.15, 0.2) is 45.7 Å². The molecule has 1 aromatic carbocycles. The van der Waals surface area contributed by atoms with Crippen LogP contribution in [0.2, 0.25) is 5.02 Å². The van der Waals surface area contributed by atoms with Gasteiger partial charge in [0, 0.05) is 19.2 Å². The lowest BCUT2D eigenvalue weighted by Gasteiger charge is -2.03. The number of amides is 1. The Kier molecular flexibility index (Phi) is 3.93. The minimum atomic E-state index is -0.426. The van der Waals surface area contributed by atoms with Gasteiger partial charge in [0.2, 0.25) is 0 Å². The number of hydrogen-bond donors (Lipinski definition) is 2. The lowest BCUT2D eigenvalue weighted by molar-refractivity contribution is 0.0953. The van der Waals surface area contributed by atoms with Crippen molar-refractivity contribution in [3.63, 3.8) is 0 Å². The SMILES string of the molecule is O=C(NCCc1nc2ccccc2o1)c1c[nH]c(=O)c(Cl)c1. The molecule has 0 saturated heterocycles. The lowest BCUT2D eigenvalue weighted by Crippen LogP contribution is -2.26. The van der Waals surface area contributed by atoms with Crippen LogP contribution in [0.4, 0.5) is 0 Å². The van der Waals surface area contributed by atoms with Gasteiger partial charge in [-0.3, -0.25) is 9.59 Å². The third kappa shape index (κ3) is 3.01. The van der Waals surface area contributed by atoms with Crippen LogP contribution >= 0.6 is 11.6 Å². The standard InChI is InChI=1S/C15H12ClN3O3/c16-10-7-9(8-18-15(10)21)14(20)17-6-5-13-19-11-3-1-2-4-12(11)22-13/h1-4,7-8H,5-6H2,(H,17,20)(H,18,21). The van der Waals surface area contributed by atoms with Crippen LogP contribution in [0.3, 0.4) is 0 Å².